The summed E-state index contributed by atoms with van der Waals surface area (Å²) in [6, 6.07) is 8.46. The number of fused-ring (bicyclic) bond motifs is 1. The van der Waals surface area contributed by atoms with Crippen molar-refractivity contribution in [3.63, 3.8) is 0 Å². The number of halogens is 1. The minimum absolute atomic E-state index is 0.0708. The average Bonchev–Trinajstić information content (AvgIpc) is 3.00. The fourth-order valence-electron chi connectivity index (χ4n) is 2.16. The van der Waals surface area contributed by atoms with Crippen LogP contribution in [-0.4, -0.2) is 28.4 Å². The SMILES string of the molecule is Nc1cc(Cl)ccc1C(=O)OCC(=O)Nc1nc2ccc([N+](=O)[O-])cc2s1. The normalized spacial score (nSPS) is 10.6. The molecule has 0 aliphatic carbocycles. The summed E-state index contributed by atoms with van der Waals surface area (Å²) in [4.78, 5) is 38.4. The standard InChI is InChI=1S/C16H11ClN4O5S/c17-8-1-3-10(11(18)5-8)15(23)26-7-14(22)20-16-19-12-4-2-9(21(24)25)6-13(12)27-16/h1-6H,7,18H2,(H,19,20,22). The Balaban J connectivity index is 1.63. The first-order chi connectivity index (χ1) is 12.8. The van der Waals surface area contributed by atoms with Gasteiger partial charge in [0, 0.05) is 22.8 Å². The van der Waals surface area contributed by atoms with Gasteiger partial charge in [-0.05, 0) is 24.3 Å². The highest BCUT2D eigenvalue weighted by atomic mass is 35.5. The first kappa shape index (κ1) is 18.5. The van der Waals surface area contributed by atoms with Crippen molar-refractivity contribution in [3.8, 4) is 0 Å². The number of nitrogens with two attached hydrogens (primary N) is 1. The van der Waals surface area contributed by atoms with E-state index < -0.39 is 23.4 Å². The third-order valence-electron chi connectivity index (χ3n) is 3.40. The molecule has 2 aromatic carbocycles. The van der Waals surface area contributed by atoms with E-state index in [-0.39, 0.29) is 22.1 Å². The highest BCUT2D eigenvalue weighted by molar-refractivity contribution is 7.22. The number of nitrogens with zero attached hydrogens (tertiary/aromatic N) is 2. The largest absolute Gasteiger partial charge is 0.452 e. The molecule has 1 heterocycles. The van der Waals surface area contributed by atoms with Gasteiger partial charge in [0.2, 0.25) is 0 Å². The second kappa shape index (κ2) is 7.56. The van der Waals surface area contributed by atoms with E-state index in [1.54, 1.807) is 0 Å². The predicted octanol–water partition coefficient (Wildman–Crippen LogP) is 3.24. The zero-order valence-electron chi connectivity index (χ0n) is 13.5. The second-order valence-electron chi connectivity index (χ2n) is 5.28. The van der Waals surface area contributed by atoms with Crippen molar-refractivity contribution in [3.05, 3.63) is 57.1 Å². The number of benzene rings is 2. The number of carbonyl (C=O) groups excluding carboxylic acids is 2. The molecule has 9 nitrogen and oxygen atoms in total. The van der Waals surface area contributed by atoms with Crippen LogP contribution in [0.25, 0.3) is 10.2 Å². The maximum absolute atomic E-state index is 12.0. The molecule has 0 radical (unpaired) electrons. The third kappa shape index (κ3) is 4.30. The number of nitro benzene ring substituents is 1. The molecule has 0 atom stereocenters. The van der Waals surface area contributed by atoms with Gasteiger partial charge in [-0.1, -0.05) is 22.9 Å². The number of aromatic nitrogens is 1. The lowest BCUT2D eigenvalue weighted by atomic mass is 10.2. The number of amides is 1. The average molecular weight is 407 g/mol. The molecule has 1 amide bonds. The van der Waals surface area contributed by atoms with E-state index in [1.807, 2.05) is 0 Å². The third-order valence-corrected chi connectivity index (χ3v) is 4.57. The summed E-state index contributed by atoms with van der Waals surface area (Å²) in [5.74, 6) is -1.37. The van der Waals surface area contributed by atoms with E-state index in [0.717, 1.165) is 11.3 Å². The van der Waals surface area contributed by atoms with Crippen LogP contribution in [0, 0.1) is 10.1 Å². The first-order valence-corrected chi connectivity index (χ1v) is 8.60. The Labute approximate surface area is 160 Å². The number of hydrogen-bond donors (Lipinski definition) is 2. The van der Waals surface area contributed by atoms with Crippen LogP contribution in [0.5, 0.6) is 0 Å². The maximum Gasteiger partial charge on any atom is 0.340 e. The van der Waals surface area contributed by atoms with Crippen molar-refractivity contribution in [2.75, 3.05) is 17.7 Å². The van der Waals surface area contributed by atoms with Gasteiger partial charge in [0.05, 0.1) is 20.7 Å². The Morgan fingerprint density at radius 1 is 1.30 bits per heavy atom. The van der Waals surface area contributed by atoms with Crippen molar-refractivity contribution in [2.24, 2.45) is 0 Å². The van der Waals surface area contributed by atoms with Crippen molar-refractivity contribution < 1.29 is 19.2 Å². The number of thiazole rings is 1. The monoisotopic (exact) mass is 406 g/mol. The Hall–Kier alpha value is -3.24. The number of ether oxygens (including phenoxy) is 1. The van der Waals surface area contributed by atoms with Gasteiger partial charge in [0.1, 0.15) is 0 Å². The fourth-order valence-corrected chi connectivity index (χ4v) is 3.26. The molecule has 0 spiro atoms. The molecule has 138 valence electrons. The van der Waals surface area contributed by atoms with Gasteiger partial charge in [0.25, 0.3) is 11.6 Å². The van der Waals surface area contributed by atoms with Gasteiger partial charge in [0.15, 0.2) is 11.7 Å². The van der Waals surface area contributed by atoms with Gasteiger partial charge in [-0.3, -0.25) is 20.2 Å². The molecule has 0 bridgehead atoms. The Morgan fingerprint density at radius 3 is 2.78 bits per heavy atom. The quantitative estimate of drug-likeness (QED) is 0.287. The van der Waals surface area contributed by atoms with Crippen molar-refractivity contribution in [2.45, 2.75) is 0 Å². The number of non-ortho nitro benzene ring substituents is 1. The van der Waals surface area contributed by atoms with Crippen molar-refractivity contribution in [1.29, 1.82) is 0 Å². The van der Waals surface area contributed by atoms with Crippen molar-refractivity contribution in [1.82, 2.24) is 4.98 Å². The molecule has 0 aliphatic heterocycles. The van der Waals surface area contributed by atoms with E-state index in [1.165, 1.54) is 36.4 Å². The van der Waals surface area contributed by atoms with Crippen LogP contribution in [0.1, 0.15) is 10.4 Å². The lowest BCUT2D eigenvalue weighted by molar-refractivity contribution is -0.384. The van der Waals surface area contributed by atoms with E-state index in [4.69, 9.17) is 22.1 Å². The van der Waals surface area contributed by atoms with Gasteiger partial charge in [-0.15, -0.1) is 0 Å². The molecule has 3 N–H and O–H groups in total. The molecule has 11 heteroatoms. The molecule has 0 fully saturated rings. The zero-order valence-corrected chi connectivity index (χ0v) is 15.0. The van der Waals surface area contributed by atoms with Gasteiger partial charge < -0.3 is 10.5 Å². The van der Waals surface area contributed by atoms with E-state index in [2.05, 4.69) is 10.3 Å². The van der Waals surface area contributed by atoms with E-state index in [9.17, 15) is 19.7 Å². The van der Waals surface area contributed by atoms with E-state index in [0.29, 0.717) is 15.2 Å². The van der Waals surface area contributed by atoms with Crippen LogP contribution in [0.4, 0.5) is 16.5 Å². The zero-order chi connectivity index (χ0) is 19.6. The lowest BCUT2D eigenvalue weighted by Crippen LogP contribution is -2.21. The summed E-state index contributed by atoms with van der Waals surface area (Å²) in [5, 5.41) is 13.9. The summed E-state index contributed by atoms with van der Waals surface area (Å²) in [5.41, 5.74) is 6.36. The number of anilines is 2. The Bertz CT molecular complexity index is 1070. The topological polar surface area (TPSA) is 137 Å². The smallest absolute Gasteiger partial charge is 0.340 e. The van der Waals surface area contributed by atoms with Crippen LogP contribution in [0.3, 0.4) is 0 Å². The number of nitro groups is 1. The van der Waals surface area contributed by atoms with Crippen LogP contribution in [0.2, 0.25) is 5.02 Å². The van der Waals surface area contributed by atoms with Crippen LogP contribution < -0.4 is 11.1 Å². The van der Waals surface area contributed by atoms with Gasteiger partial charge in [-0.25, -0.2) is 9.78 Å². The number of carbonyl (C=O) groups is 2. The summed E-state index contributed by atoms with van der Waals surface area (Å²) in [6.45, 7) is -0.545. The molecular formula is C16H11ClN4O5S. The van der Waals surface area contributed by atoms with Crippen LogP contribution in [0.15, 0.2) is 36.4 Å². The summed E-state index contributed by atoms with van der Waals surface area (Å²) < 4.78 is 5.47. The number of nitrogen functional groups attached to an aromatic ring is 1. The first-order valence-electron chi connectivity index (χ1n) is 7.40. The minimum Gasteiger partial charge on any atom is -0.452 e. The molecular weight excluding hydrogens is 396 g/mol. The molecule has 3 aromatic rings. The number of nitrogens with one attached hydrogen (secondary N) is 1. The Morgan fingerprint density at radius 2 is 2.07 bits per heavy atom. The van der Waals surface area contributed by atoms with Gasteiger partial charge in [-0.2, -0.15) is 0 Å². The maximum atomic E-state index is 12.0. The predicted molar refractivity (Wildman–Crippen MR) is 101 cm³/mol. The molecule has 0 unspecified atom stereocenters. The van der Waals surface area contributed by atoms with Crippen molar-refractivity contribution >= 4 is 61.5 Å². The van der Waals surface area contributed by atoms with Crippen LogP contribution in [-0.2, 0) is 9.53 Å². The molecule has 1 aromatic heterocycles. The van der Waals surface area contributed by atoms with Crippen LogP contribution >= 0.6 is 22.9 Å². The second-order valence-corrected chi connectivity index (χ2v) is 6.75. The summed E-state index contributed by atoms with van der Waals surface area (Å²) in [7, 11) is 0. The fraction of sp³-hybridized carbons (Fsp3) is 0.0625. The summed E-state index contributed by atoms with van der Waals surface area (Å²) in [6.07, 6.45) is 0. The van der Waals surface area contributed by atoms with E-state index >= 15 is 0 Å². The molecule has 3 rings (SSSR count). The highest BCUT2D eigenvalue weighted by Gasteiger charge is 2.15. The van der Waals surface area contributed by atoms with Gasteiger partial charge >= 0.3 is 5.97 Å². The molecule has 0 saturated carbocycles. The molecule has 0 aliphatic rings. The molecule has 27 heavy (non-hydrogen) atoms. The number of hydrogen-bond acceptors (Lipinski definition) is 8. The minimum atomic E-state index is -0.765. The number of esters is 1. The summed E-state index contributed by atoms with van der Waals surface area (Å²) >= 11 is 6.83. The lowest BCUT2D eigenvalue weighted by Gasteiger charge is -2.07. The highest BCUT2D eigenvalue weighted by Crippen LogP contribution is 2.29. The molecule has 0 saturated heterocycles. The number of rotatable bonds is 5. The Kier molecular flexibility index (Phi) is 5.19.